The van der Waals surface area contributed by atoms with Gasteiger partial charge in [-0.05, 0) is 18.3 Å². The standard InChI is InChI=1S/C10H20N2/c1-10(2)5-3-4-9(10)12-6-8(11)7-12/h8-9H,3-7,11H2,1-2H3. The Kier molecular flexibility index (Phi) is 1.92. The van der Waals surface area contributed by atoms with Gasteiger partial charge < -0.3 is 5.73 Å². The lowest BCUT2D eigenvalue weighted by atomic mass is 9.84. The first-order valence-corrected chi connectivity index (χ1v) is 5.09. The highest BCUT2D eigenvalue weighted by molar-refractivity contribution is 4.97. The SMILES string of the molecule is CC1(C)CCCC1N1CC(N)C1. The molecule has 2 N–H and O–H groups in total. The van der Waals surface area contributed by atoms with Crippen molar-refractivity contribution in [2.75, 3.05) is 13.1 Å². The molecule has 0 amide bonds. The quantitative estimate of drug-likeness (QED) is 0.637. The van der Waals surface area contributed by atoms with Gasteiger partial charge >= 0.3 is 0 Å². The molecule has 0 aromatic heterocycles. The molecule has 0 aromatic rings. The van der Waals surface area contributed by atoms with Crippen LogP contribution in [0.25, 0.3) is 0 Å². The van der Waals surface area contributed by atoms with Gasteiger partial charge in [0.15, 0.2) is 0 Å². The first-order valence-electron chi connectivity index (χ1n) is 5.09. The van der Waals surface area contributed by atoms with E-state index in [2.05, 4.69) is 18.7 Å². The summed E-state index contributed by atoms with van der Waals surface area (Å²) in [5.74, 6) is 0. The van der Waals surface area contributed by atoms with Crippen LogP contribution in [0.4, 0.5) is 0 Å². The van der Waals surface area contributed by atoms with E-state index in [0.717, 1.165) is 19.1 Å². The summed E-state index contributed by atoms with van der Waals surface area (Å²) < 4.78 is 0. The Morgan fingerprint density at radius 3 is 2.42 bits per heavy atom. The first-order chi connectivity index (χ1) is 5.59. The average Bonchev–Trinajstić information content (AvgIpc) is 2.23. The Morgan fingerprint density at radius 2 is 2.00 bits per heavy atom. The Bertz CT molecular complexity index is 171. The van der Waals surface area contributed by atoms with Crippen molar-refractivity contribution < 1.29 is 0 Å². The number of nitrogens with two attached hydrogens (primary N) is 1. The van der Waals surface area contributed by atoms with Gasteiger partial charge in [0.25, 0.3) is 0 Å². The zero-order valence-electron chi connectivity index (χ0n) is 8.21. The third kappa shape index (κ3) is 1.27. The summed E-state index contributed by atoms with van der Waals surface area (Å²) in [7, 11) is 0. The maximum atomic E-state index is 5.78. The number of nitrogens with zero attached hydrogens (tertiary/aromatic N) is 1. The van der Waals surface area contributed by atoms with Gasteiger partial charge in [0.1, 0.15) is 0 Å². The minimum Gasteiger partial charge on any atom is -0.325 e. The molecule has 2 heteroatoms. The molecule has 0 radical (unpaired) electrons. The summed E-state index contributed by atoms with van der Waals surface area (Å²) in [5.41, 5.74) is 6.33. The summed E-state index contributed by atoms with van der Waals surface area (Å²) in [6, 6.07) is 1.28. The molecule has 1 saturated heterocycles. The van der Waals surface area contributed by atoms with Crippen molar-refractivity contribution >= 4 is 0 Å². The van der Waals surface area contributed by atoms with Crippen LogP contribution in [0.15, 0.2) is 0 Å². The average molecular weight is 168 g/mol. The zero-order chi connectivity index (χ0) is 8.77. The van der Waals surface area contributed by atoms with Crippen molar-refractivity contribution in [1.82, 2.24) is 4.90 Å². The third-order valence-corrected chi connectivity index (χ3v) is 3.58. The van der Waals surface area contributed by atoms with E-state index in [4.69, 9.17) is 5.73 Å². The molecule has 12 heavy (non-hydrogen) atoms. The van der Waals surface area contributed by atoms with Gasteiger partial charge in [0.05, 0.1) is 0 Å². The molecule has 0 aromatic carbocycles. The van der Waals surface area contributed by atoms with Crippen LogP contribution in [-0.2, 0) is 0 Å². The van der Waals surface area contributed by atoms with Crippen molar-refractivity contribution in [3.05, 3.63) is 0 Å². The Balaban J connectivity index is 1.95. The van der Waals surface area contributed by atoms with Crippen molar-refractivity contribution in [1.29, 1.82) is 0 Å². The van der Waals surface area contributed by atoms with Gasteiger partial charge in [-0.3, -0.25) is 4.90 Å². The normalized spacial score (nSPS) is 36.8. The lowest BCUT2D eigenvalue weighted by Gasteiger charge is -2.46. The molecule has 1 heterocycles. The molecule has 1 atom stereocenters. The van der Waals surface area contributed by atoms with Gasteiger partial charge in [-0.2, -0.15) is 0 Å². The summed E-state index contributed by atoms with van der Waals surface area (Å²) in [5, 5.41) is 0. The van der Waals surface area contributed by atoms with Crippen LogP contribution in [0.5, 0.6) is 0 Å². The largest absolute Gasteiger partial charge is 0.325 e. The maximum absolute atomic E-state index is 5.78. The molecule has 1 aliphatic carbocycles. The molecule has 1 aliphatic heterocycles. The van der Waals surface area contributed by atoms with E-state index in [0.29, 0.717) is 11.5 Å². The maximum Gasteiger partial charge on any atom is 0.0297 e. The smallest absolute Gasteiger partial charge is 0.0297 e. The highest BCUT2D eigenvalue weighted by Crippen LogP contribution is 2.41. The van der Waals surface area contributed by atoms with Crippen molar-refractivity contribution in [3.63, 3.8) is 0 Å². The van der Waals surface area contributed by atoms with Gasteiger partial charge in [0, 0.05) is 25.2 Å². The van der Waals surface area contributed by atoms with Crippen molar-refractivity contribution in [2.24, 2.45) is 11.1 Å². The van der Waals surface area contributed by atoms with Crippen LogP contribution < -0.4 is 5.73 Å². The van der Waals surface area contributed by atoms with Crippen molar-refractivity contribution in [2.45, 2.75) is 45.2 Å². The van der Waals surface area contributed by atoms with E-state index in [1.807, 2.05) is 0 Å². The van der Waals surface area contributed by atoms with E-state index >= 15 is 0 Å². The van der Waals surface area contributed by atoms with Gasteiger partial charge in [-0.1, -0.05) is 20.3 Å². The van der Waals surface area contributed by atoms with Crippen LogP contribution in [0.1, 0.15) is 33.1 Å². The van der Waals surface area contributed by atoms with Crippen LogP contribution in [0.3, 0.4) is 0 Å². The molecular formula is C10H20N2. The molecule has 2 rings (SSSR count). The fourth-order valence-corrected chi connectivity index (χ4v) is 2.79. The summed E-state index contributed by atoms with van der Waals surface area (Å²) in [6.07, 6.45) is 4.19. The number of hydrogen-bond acceptors (Lipinski definition) is 2. The second kappa shape index (κ2) is 2.71. The van der Waals surface area contributed by atoms with E-state index in [9.17, 15) is 0 Å². The fraction of sp³-hybridized carbons (Fsp3) is 1.00. The molecule has 2 nitrogen and oxygen atoms in total. The predicted octanol–water partition coefficient (Wildman–Crippen LogP) is 1.21. The molecule has 0 spiro atoms. The van der Waals surface area contributed by atoms with Crippen LogP contribution in [0, 0.1) is 5.41 Å². The third-order valence-electron chi connectivity index (χ3n) is 3.58. The highest BCUT2D eigenvalue weighted by Gasteiger charge is 2.41. The lowest BCUT2D eigenvalue weighted by molar-refractivity contribution is 0.0420. The summed E-state index contributed by atoms with van der Waals surface area (Å²) in [4.78, 5) is 2.57. The van der Waals surface area contributed by atoms with E-state index in [1.54, 1.807) is 0 Å². The monoisotopic (exact) mass is 168 g/mol. The molecule has 1 saturated carbocycles. The van der Waals surface area contributed by atoms with E-state index in [-0.39, 0.29) is 0 Å². The second-order valence-electron chi connectivity index (χ2n) is 5.11. The topological polar surface area (TPSA) is 29.3 Å². The Labute approximate surface area is 75.1 Å². The molecule has 2 aliphatic rings. The van der Waals surface area contributed by atoms with Crippen LogP contribution in [0.2, 0.25) is 0 Å². The lowest BCUT2D eigenvalue weighted by Crippen LogP contribution is -2.61. The van der Waals surface area contributed by atoms with E-state index in [1.165, 1.54) is 19.3 Å². The van der Waals surface area contributed by atoms with Crippen LogP contribution in [-0.4, -0.2) is 30.1 Å². The van der Waals surface area contributed by atoms with Gasteiger partial charge in [0.2, 0.25) is 0 Å². The van der Waals surface area contributed by atoms with E-state index < -0.39 is 0 Å². The molecule has 2 fully saturated rings. The van der Waals surface area contributed by atoms with Crippen molar-refractivity contribution in [3.8, 4) is 0 Å². The van der Waals surface area contributed by atoms with Gasteiger partial charge in [-0.15, -0.1) is 0 Å². The Hall–Kier alpha value is -0.0800. The number of rotatable bonds is 1. The highest BCUT2D eigenvalue weighted by atomic mass is 15.3. The predicted molar refractivity (Wildman–Crippen MR) is 51.0 cm³/mol. The zero-order valence-corrected chi connectivity index (χ0v) is 8.21. The first kappa shape index (κ1) is 8.52. The minimum atomic E-state index is 0.460. The molecule has 70 valence electrons. The second-order valence-corrected chi connectivity index (χ2v) is 5.11. The Morgan fingerprint density at radius 1 is 1.33 bits per heavy atom. The molecular weight excluding hydrogens is 148 g/mol. The molecule has 0 bridgehead atoms. The number of likely N-dealkylation sites (tertiary alicyclic amines) is 1. The van der Waals surface area contributed by atoms with Crippen LogP contribution >= 0.6 is 0 Å². The summed E-state index contributed by atoms with van der Waals surface area (Å²) in [6.45, 7) is 7.06. The fourth-order valence-electron chi connectivity index (χ4n) is 2.79. The molecule has 1 unspecified atom stereocenters. The minimum absolute atomic E-state index is 0.460. The summed E-state index contributed by atoms with van der Waals surface area (Å²) >= 11 is 0. The number of hydrogen-bond donors (Lipinski definition) is 1. The van der Waals surface area contributed by atoms with Gasteiger partial charge in [-0.25, -0.2) is 0 Å².